The van der Waals surface area contributed by atoms with Crippen LogP contribution in [0.1, 0.15) is 31.7 Å². The topological polar surface area (TPSA) is 66.4 Å². The van der Waals surface area contributed by atoms with Crippen molar-refractivity contribution in [3.05, 3.63) is 35.9 Å². The fraction of sp³-hybridized carbons (Fsp3) is 0.529. The number of hydrogen-bond donors (Lipinski definition) is 2. The number of nitrogens with one attached hydrogen (secondary N) is 1. The van der Waals surface area contributed by atoms with Gasteiger partial charge < -0.3 is 10.4 Å². The van der Waals surface area contributed by atoms with Gasteiger partial charge in [0, 0.05) is 6.54 Å². The number of hydrogen-bond acceptors (Lipinski definition) is 2. The van der Waals surface area contributed by atoms with Crippen molar-refractivity contribution in [3.8, 4) is 0 Å². The molecule has 4 nitrogen and oxygen atoms in total. The number of rotatable bonds is 6. The van der Waals surface area contributed by atoms with E-state index in [-0.39, 0.29) is 11.8 Å². The van der Waals surface area contributed by atoms with Gasteiger partial charge in [-0.05, 0) is 37.2 Å². The van der Waals surface area contributed by atoms with E-state index < -0.39 is 11.9 Å². The Morgan fingerprint density at radius 2 is 1.86 bits per heavy atom. The lowest BCUT2D eigenvalue weighted by molar-refractivity contribution is -0.146. The molecule has 21 heavy (non-hydrogen) atoms. The molecule has 1 aliphatic rings. The first-order chi connectivity index (χ1) is 10.1. The number of carbonyl (C=O) groups is 2. The predicted molar refractivity (Wildman–Crippen MR) is 80.8 cm³/mol. The van der Waals surface area contributed by atoms with E-state index in [4.69, 9.17) is 0 Å². The van der Waals surface area contributed by atoms with Gasteiger partial charge in [0.2, 0.25) is 5.91 Å². The summed E-state index contributed by atoms with van der Waals surface area (Å²) < 4.78 is 0. The maximum atomic E-state index is 12.1. The van der Waals surface area contributed by atoms with Gasteiger partial charge >= 0.3 is 5.97 Å². The average Bonchev–Trinajstić information content (AvgIpc) is 2.87. The monoisotopic (exact) mass is 289 g/mol. The van der Waals surface area contributed by atoms with E-state index in [1.165, 1.54) is 5.56 Å². The zero-order valence-corrected chi connectivity index (χ0v) is 12.4. The SMILES string of the molecule is CC1CC(C(=O)O)C(C(=O)NCCCc2ccccc2)C1. The van der Waals surface area contributed by atoms with Crippen molar-refractivity contribution in [1.82, 2.24) is 5.32 Å². The summed E-state index contributed by atoms with van der Waals surface area (Å²) >= 11 is 0. The number of carboxylic acid groups (broad SMARTS) is 1. The van der Waals surface area contributed by atoms with Crippen LogP contribution in [0.3, 0.4) is 0 Å². The zero-order valence-electron chi connectivity index (χ0n) is 12.4. The van der Waals surface area contributed by atoms with Crippen LogP contribution >= 0.6 is 0 Å². The first-order valence-corrected chi connectivity index (χ1v) is 7.62. The van der Waals surface area contributed by atoms with Crippen molar-refractivity contribution in [2.24, 2.45) is 17.8 Å². The molecule has 4 heteroatoms. The van der Waals surface area contributed by atoms with E-state index in [0.29, 0.717) is 25.3 Å². The number of carboxylic acids is 1. The highest BCUT2D eigenvalue weighted by molar-refractivity contribution is 5.85. The van der Waals surface area contributed by atoms with E-state index in [2.05, 4.69) is 17.4 Å². The third-order valence-electron chi connectivity index (χ3n) is 4.24. The Labute approximate surface area is 125 Å². The smallest absolute Gasteiger partial charge is 0.307 e. The van der Waals surface area contributed by atoms with Crippen LogP contribution in [0.5, 0.6) is 0 Å². The Hall–Kier alpha value is -1.84. The predicted octanol–water partition coefficient (Wildman–Crippen LogP) is 2.48. The number of aliphatic carboxylic acids is 1. The highest BCUT2D eigenvalue weighted by Crippen LogP contribution is 2.36. The normalized spacial score (nSPS) is 24.7. The maximum Gasteiger partial charge on any atom is 0.307 e. The summed E-state index contributed by atoms with van der Waals surface area (Å²) in [5, 5.41) is 12.1. The minimum absolute atomic E-state index is 0.0974. The van der Waals surface area contributed by atoms with Gasteiger partial charge in [0.1, 0.15) is 0 Å². The molecule has 1 aromatic carbocycles. The molecule has 3 unspecified atom stereocenters. The van der Waals surface area contributed by atoms with Crippen molar-refractivity contribution < 1.29 is 14.7 Å². The second-order valence-electron chi connectivity index (χ2n) is 6.01. The number of aryl methyl sites for hydroxylation is 1. The summed E-state index contributed by atoms with van der Waals surface area (Å²) in [6.07, 6.45) is 3.08. The van der Waals surface area contributed by atoms with E-state index in [9.17, 15) is 14.7 Å². The molecular formula is C17H23NO3. The van der Waals surface area contributed by atoms with Gasteiger partial charge in [-0.1, -0.05) is 37.3 Å². The molecule has 1 aromatic rings. The second kappa shape index (κ2) is 7.25. The number of amides is 1. The Morgan fingerprint density at radius 3 is 2.52 bits per heavy atom. The molecule has 1 amide bonds. The molecule has 0 bridgehead atoms. The Bertz CT molecular complexity index is 486. The largest absolute Gasteiger partial charge is 0.481 e. The van der Waals surface area contributed by atoms with Gasteiger partial charge in [-0.3, -0.25) is 9.59 Å². The van der Waals surface area contributed by atoms with Gasteiger partial charge in [0.05, 0.1) is 11.8 Å². The lowest BCUT2D eigenvalue weighted by Crippen LogP contribution is -2.35. The van der Waals surface area contributed by atoms with Crippen LogP contribution in [-0.4, -0.2) is 23.5 Å². The third-order valence-corrected chi connectivity index (χ3v) is 4.24. The molecule has 2 N–H and O–H groups in total. The van der Waals surface area contributed by atoms with E-state index in [0.717, 1.165) is 12.8 Å². The molecule has 0 heterocycles. The van der Waals surface area contributed by atoms with Crippen LogP contribution in [0.25, 0.3) is 0 Å². The molecule has 3 atom stereocenters. The average molecular weight is 289 g/mol. The fourth-order valence-corrected chi connectivity index (χ4v) is 3.13. The van der Waals surface area contributed by atoms with Crippen molar-refractivity contribution in [3.63, 3.8) is 0 Å². The van der Waals surface area contributed by atoms with Gasteiger partial charge in [-0.15, -0.1) is 0 Å². The first kappa shape index (κ1) is 15.5. The van der Waals surface area contributed by atoms with Crippen LogP contribution in [-0.2, 0) is 16.0 Å². The Kier molecular flexibility index (Phi) is 5.37. The second-order valence-corrected chi connectivity index (χ2v) is 6.01. The summed E-state index contributed by atoms with van der Waals surface area (Å²) in [7, 11) is 0. The molecule has 0 radical (unpaired) electrons. The molecule has 1 aliphatic carbocycles. The lowest BCUT2D eigenvalue weighted by Gasteiger charge is -2.15. The molecule has 2 rings (SSSR count). The highest BCUT2D eigenvalue weighted by atomic mass is 16.4. The molecule has 1 saturated carbocycles. The Balaban J connectivity index is 1.75. The molecule has 114 valence electrons. The molecule has 0 saturated heterocycles. The van der Waals surface area contributed by atoms with E-state index in [1.54, 1.807) is 0 Å². The van der Waals surface area contributed by atoms with E-state index >= 15 is 0 Å². The summed E-state index contributed by atoms with van der Waals surface area (Å²) in [4.78, 5) is 23.3. The zero-order chi connectivity index (χ0) is 15.2. The molecule has 1 fully saturated rings. The van der Waals surface area contributed by atoms with Gasteiger partial charge in [-0.2, -0.15) is 0 Å². The number of carbonyl (C=O) groups excluding carboxylic acids is 1. The van der Waals surface area contributed by atoms with Gasteiger partial charge in [0.25, 0.3) is 0 Å². The first-order valence-electron chi connectivity index (χ1n) is 7.62. The van der Waals surface area contributed by atoms with Crippen molar-refractivity contribution >= 4 is 11.9 Å². The maximum absolute atomic E-state index is 12.1. The van der Waals surface area contributed by atoms with E-state index in [1.807, 2.05) is 25.1 Å². The fourth-order valence-electron chi connectivity index (χ4n) is 3.13. The summed E-state index contributed by atoms with van der Waals surface area (Å²) in [5.41, 5.74) is 1.25. The molecule has 0 aliphatic heterocycles. The highest BCUT2D eigenvalue weighted by Gasteiger charge is 2.40. The minimum atomic E-state index is -0.844. The summed E-state index contributed by atoms with van der Waals surface area (Å²) in [6.45, 7) is 2.61. The van der Waals surface area contributed by atoms with Gasteiger partial charge in [-0.25, -0.2) is 0 Å². The van der Waals surface area contributed by atoms with Crippen LogP contribution in [0.2, 0.25) is 0 Å². The number of benzene rings is 1. The third kappa shape index (κ3) is 4.31. The quantitative estimate of drug-likeness (QED) is 0.791. The van der Waals surface area contributed by atoms with Crippen LogP contribution < -0.4 is 5.32 Å². The minimum Gasteiger partial charge on any atom is -0.481 e. The van der Waals surface area contributed by atoms with Crippen molar-refractivity contribution in [1.29, 1.82) is 0 Å². The van der Waals surface area contributed by atoms with Gasteiger partial charge in [0.15, 0.2) is 0 Å². The van der Waals surface area contributed by atoms with Crippen molar-refractivity contribution in [2.45, 2.75) is 32.6 Å². The molecule has 0 aromatic heterocycles. The summed E-state index contributed by atoms with van der Waals surface area (Å²) in [5.74, 6) is -1.52. The Morgan fingerprint density at radius 1 is 1.19 bits per heavy atom. The molecular weight excluding hydrogens is 266 g/mol. The van der Waals surface area contributed by atoms with Crippen LogP contribution in [0, 0.1) is 17.8 Å². The standard InChI is InChI=1S/C17H23NO3/c1-12-10-14(15(11-12)17(20)21)16(19)18-9-5-8-13-6-3-2-4-7-13/h2-4,6-7,12,14-15H,5,8-11H2,1H3,(H,18,19)(H,20,21). The molecule has 0 spiro atoms. The van der Waals surface area contributed by atoms with Crippen molar-refractivity contribution in [2.75, 3.05) is 6.54 Å². The summed E-state index contributed by atoms with van der Waals surface area (Å²) in [6, 6.07) is 10.1. The lowest BCUT2D eigenvalue weighted by atomic mass is 9.95. The van der Waals surface area contributed by atoms with Crippen LogP contribution in [0.4, 0.5) is 0 Å². The van der Waals surface area contributed by atoms with Crippen LogP contribution in [0.15, 0.2) is 30.3 Å².